The monoisotopic (exact) mass is 212 g/mol. The third-order valence-electron chi connectivity index (χ3n) is 3.82. The van der Waals surface area contributed by atoms with Crippen LogP contribution in [0.25, 0.3) is 0 Å². The molecule has 0 spiro atoms. The van der Waals surface area contributed by atoms with Crippen molar-refractivity contribution in [1.29, 1.82) is 0 Å². The lowest BCUT2D eigenvalue weighted by atomic mass is 9.80. The average molecular weight is 212 g/mol. The summed E-state index contributed by atoms with van der Waals surface area (Å²) in [6.07, 6.45) is 4.12. The van der Waals surface area contributed by atoms with Crippen LogP contribution in [0.15, 0.2) is 0 Å². The van der Waals surface area contributed by atoms with Crippen LogP contribution >= 0.6 is 0 Å². The number of morpholine rings is 1. The maximum absolute atomic E-state index is 5.36. The summed E-state index contributed by atoms with van der Waals surface area (Å²) in [6, 6.07) is 0.687. The minimum absolute atomic E-state index is 0.687. The molecule has 15 heavy (non-hydrogen) atoms. The summed E-state index contributed by atoms with van der Waals surface area (Å²) in [5.41, 5.74) is 3.69. The van der Waals surface area contributed by atoms with E-state index in [-0.39, 0.29) is 0 Å². The Hall–Kier alpha value is -0.120. The molecule has 1 saturated heterocycles. The number of rotatable bonds is 2. The number of hydrazine groups is 1. The van der Waals surface area contributed by atoms with E-state index in [4.69, 9.17) is 4.74 Å². The summed E-state index contributed by atoms with van der Waals surface area (Å²) < 4.78 is 5.36. The molecule has 2 aliphatic rings. The van der Waals surface area contributed by atoms with Gasteiger partial charge in [0.15, 0.2) is 0 Å². The molecule has 1 saturated carbocycles. The number of nitrogens with one attached hydrogen (secondary N) is 1. The highest BCUT2D eigenvalue weighted by Crippen LogP contribution is 2.28. The third kappa shape index (κ3) is 3.16. The zero-order valence-electron chi connectivity index (χ0n) is 10.0. The molecular weight excluding hydrogens is 188 g/mol. The number of ether oxygens (including phenoxy) is 1. The van der Waals surface area contributed by atoms with Crippen LogP contribution in [0, 0.1) is 11.8 Å². The van der Waals surface area contributed by atoms with Crippen molar-refractivity contribution < 1.29 is 4.74 Å². The van der Waals surface area contributed by atoms with Crippen LogP contribution in [-0.4, -0.2) is 37.4 Å². The summed E-state index contributed by atoms with van der Waals surface area (Å²) in [5, 5.41) is 2.35. The maximum atomic E-state index is 5.36. The lowest BCUT2D eigenvalue weighted by Gasteiger charge is -2.38. The van der Waals surface area contributed by atoms with Gasteiger partial charge in [-0.1, -0.05) is 20.3 Å². The van der Waals surface area contributed by atoms with Gasteiger partial charge < -0.3 is 4.74 Å². The lowest BCUT2D eigenvalue weighted by molar-refractivity contribution is -0.00792. The van der Waals surface area contributed by atoms with Crippen molar-refractivity contribution in [3.05, 3.63) is 0 Å². The molecule has 2 fully saturated rings. The molecule has 1 aliphatic heterocycles. The molecule has 88 valence electrons. The molecule has 1 heterocycles. The molecular formula is C12H24N2O. The Morgan fingerprint density at radius 1 is 1.13 bits per heavy atom. The van der Waals surface area contributed by atoms with E-state index in [9.17, 15) is 0 Å². The van der Waals surface area contributed by atoms with Crippen molar-refractivity contribution in [2.45, 2.75) is 39.2 Å². The second-order valence-electron chi connectivity index (χ2n) is 5.23. The minimum atomic E-state index is 0.687. The van der Waals surface area contributed by atoms with E-state index in [0.29, 0.717) is 6.04 Å². The van der Waals surface area contributed by atoms with Gasteiger partial charge in [-0.05, 0) is 24.7 Å². The summed E-state index contributed by atoms with van der Waals surface area (Å²) in [7, 11) is 0. The van der Waals surface area contributed by atoms with Gasteiger partial charge in [0.25, 0.3) is 0 Å². The quantitative estimate of drug-likeness (QED) is 0.753. The molecule has 3 atom stereocenters. The first kappa shape index (κ1) is 11.4. The largest absolute Gasteiger partial charge is 0.379 e. The summed E-state index contributed by atoms with van der Waals surface area (Å²) >= 11 is 0. The van der Waals surface area contributed by atoms with Crippen LogP contribution in [0.4, 0.5) is 0 Å². The van der Waals surface area contributed by atoms with Gasteiger partial charge in [0, 0.05) is 19.1 Å². The second-order valence-corrected chi connectivity index (χ2v) is 5.23. The van der Waals surface area contributed by atoms with E-state index in [0.717, 1.165) is 38.1 Å². The van der Waals surface area contributed by atoms with Gasteiger partial charge in [-0.2, -0.15) is 0 Å². The Kier molecular flexibility index (Phi) is 4.00. The van der Waals surface area contributed by atoms with Gasteiger partial charge in [-0.15, -0.1) is 0 Å². The summed E-state index contributed by atoms with van der Waals surface area (Å²) in [4.78, 5) is 0. The van der Waals surface area contributed by atoms with Gasteiger partial charge >= 0.3 is 0 Å². The molecule has 3 heteroatoms. The van der Waals surface area contributed by atoms with Crippen LogP contribution < -0.4 is 5.43 Å². The van der Waals surface area contributed by atoms with Crippen molar-refractivity contribution in [2.75, 3.05) is 26.3 Å². The highest BCUT2D eigenvalue weighted by atomic mass is 16.5. The second kappa shape index (κ2) is 5.28. The predicted molar refractivity (Wildman–Crippen MR) is 61.5 cm³/mol. The van der Waals surface area contributed by atoms with E-state index in [1.807, 2.05) is 0 Å². The van der Waals surface area contributed by atoms with E-state index < -0.39 is 0 Å². The molecule has 3 nitrogen and oxygen atoms in total. The Morgan fingerprint density at radius 3 is 2.60 bits per heavy atom. The zero-order chi connectivity index (χ0) is 10.7. The van der Waals surface area contributed by atoms with Crippen LogP contribution in [-0.2, 0) is 4.74 Å². The number of hydrogen-bond acceptors (Lipinski definition) is 3. The van der Waals surface area contributed by atoms with E-state index in [1.54, 1.807) is 0 Å². The first-order valence-corrected chi connectivity index (χ1v) is 6.34. The fourth-order valence-electron chi connectivity index (χ4n) is 2.64. The summed E-state index contributed by atoms with van der Waals surface area (Å²) in [6.45, 7) is 8.59. The fourth-order valence-corrected chi connectivity index (χ4v) is 2.64. The fraction of sp³-hybridized carbons (Fsp3) is 1.00. The summed E-state index contributed by atoms with van der Waals surface area (Å²) in [5.74, 6) is 1.71. The molecule has 3 unspecified atom stereocenters. The van der Waals surface area contributed by atoms with Crippen molar-refractivity contribution in [1.82, 2.24) is 10.4 Å². The number of hydrogen-bond donors (Lipinski definition) is 1. The molecule has 0 aromatic rings. The van der Waals surface area contributed by atoms with Crippen molar-refractivity contribution >= 4 is 0 Å². The van der Waals surface area contributed by atoms with Gasteiger partial charge in [-0.25, -0.2) is 5.01 Å². The van der Waals surface area contributed by atoms with Gasteiger partial charge in [0.05, 0.1) is 13.2 Å². The topological polar surface area (TPSA) is 24.5 Å². The first-order valence-electron chi connectivity index (χ1n) is 6.34. The van der Waals surface area contributed by atoms with E-state index >= 15 is 0 Å². The molecule has 2 rings (SSSR count). The number of nitrogens with zero attached hydrogens (tertiary/aromatic N) is 1. The van der Waals surface area contributed by atoms with Gasteiger partial charge in [-0.3, -0.25) is 5.43 Å². The molecule has 0 aromatic carbocycles. The molecule has 0 radical (unpaired) electrons. The normalized spacial score (nSPS) is 39.2. The van der Waals surface area contributed by atoms with Crippen molar-refractivity contribution in [2.24, 2.45) is 11.8 Å². The zero-order valence-corrected chi connectivity index (χ0v) is 10.0. The Balaban J connectivity index is 1.80. The van der Waals surface area contributed by atoms with Crippen molar-refractivity contribution in [3.63, 3.8) is 0 Å². The standard InChI is InChI=1S/C12H24N2O/c1-10-3-4-11(2)12(9-10)13-14-5-7-15-8-6-14/h10-13H,3-9H2,1-2H3. The minimum Gasteiger partial charge on any atom is -0.379 e. The Morgan fingerprint density at radius 2 is 1.87 bits per heavy atom. The predicted octanol–water partition coefficient (Wildman–Crippen LogP) is 1.65. The van der Waals surface area contributed by atoms with Gasteiger partial charge in [0.1, 0.15) is 0 Å². The van der Waals surface area contributed by atoms with E-state index in [2.05, 4.69) is 24.3 Å². The molecule has 0 bridgehead atoms. The molecule has 0 amide bonds. The smallest absolute Gasteiger partial charge is 0.0608 e. The van der Waals surface area contributed by atoms with Crippen LogP contribution in [0.2, 0.25) is 0 Å². The van der Waals surface area contributed by atoms with Gasteiger partial charge in [0.2, 0.25) is 0 Å². The van der Waals surface area contributed by atoms with Crippen LogP contribution in [0.3, 0.4) is 0 Å². The molecule has 1 N–H and O–H groups in total. The Labute approximate surface area is 93.1 Å². The maximum Gasteiger partial charge on any atom is 0.0608 e. The lowest BCUT2D eigenvalue weighted by Crippen LogP contribution is -2.53. The highest BCUT2D eigenvalue weighted by Gasteiger charge is 2.27. The third-order valence-corrected chi connectivity index (χ3v) is 3.82. The SMILES string of the molecule is CC1CCC(C)C(NN2CCOCC2)C1. The first-order chi connectivity index (χ1) is 7.25. The Bertz CT molecular complexity index is 192. The van der Waals surface area contributed by atoms with E-state index in [1.165, 1.54) is 19.3 Å². The van der Waals surface area contributed by atoms with Crippen LogP contribution in [0.1, 0.15) is 33.1 Å². The average Bonchev–Trinajstić information content (AvgIpc) is 2.25. The molecule has 0 aromatic heterocycles. The van der Waals surface area contributed by atoms with Crippen LogP contribution in [0.5, 0.6) is 0 Å². The molecule has 1 aliphatic carbocycles. The van der Waals surface area contributed by atoms with Crippen molar-refractivity contribution in [3.8, 4) is 0 Å². The highest BCUT2D eigenvalue weighted by molar-refractivity contribution is 4.80.